The molecule has 4 rings (SSSR count). The van der Waals surface area contributed by atoms with Crippen LogP contribution < -0.4 is 5.32 Å². The molecular formula is C27H26ClN3OS. The number of imidazole rings is 1. The van der Waals surface area contributed by atoms with Crippen LogP contribution in [0.5, 0.6) is 0 Å². The van der Waals surface area contributed by atoms with E-state index in [0.29, 0.717) is 12.3 Å². The number of hydrogen-bond donors (Lipinski definition) is 1. The number of nitrogens with one attached hydrogen (secondary N) is 1. The molecule has 1 amide bonds. The minimum Gasteiger partial charge on any atom is -0.354 e. The van der Waals surface area contributed by atoms with E-state index in [1.54, 1.807) is 11.8 Å². The highest BCUT2D eigenvalue weighted by molar-refractivity contribution is 7.99. The van der Waals surface area contributed by atoms with E-state index < -0.39 is 5.38 Å². The van der Waals surface area contributed by atoms with Gasteiger partial charge in [0, 0.05) is 30.0 Å². The Morgan fingerprint density at radius 3 is 2.12 bits per heavy atom. The lowest BCUT2D eigenvalue weighted by molar-refractivity contribution is -0.120. The molecular weight excluding hydrogens is 450 g/mol. The minimum atomic E-state index is -0.691. The summed E-state index contributed by atoms with van der Waals surface area (Å²) in [7, 11) is 0. The van der Waals surface area contributed by atoms with E-state index in [4.69, 9.17) is 16.6 Å². The van der Waals surface area contributed by atoms with Crippen molar-refractivity contribution in [2.24, 2.45) is 0 Å². The Kier molecular flexibility index (Phi) is 7.87. The van der Waals surface area contributed by atoms with Crippen LogP contribution in [0.2, 0.25) is 0 Å². The third-order valence-corrected chi connectivity index (χ3v) is 6.73. The van der Waals surface area contributed by atoms with Crippen LogP contribution in [-0.4, -0.2) is 27.8 Å². The molecule has 0 radical (unpaired) electrons. The van der Waals surface area contributed by atoms with Gasteiger partial charge < -0.3 is 9.88 Å². The number of aromatic nitrogens is 2. The van der Waals surface area contributed by atoms with Crippen LogP contribution in [-0.2, 0) is 11.3 Å². The van der Waals surface area contributed by atoms with E-state index in [0.717, 1.165) is 39.8 Å². The molecule has 0 fully saturated rings. The third kappa shape index (κ3) is 5.49. The first-order valence-electron chi connectivity index (χ1n) is 11.0. The van der Waals surface area contributed by atoms with Crippen LogP contribution >= 0.6 is 23.4 Å². The molecule has 1 heterocycles. The van der Waals surface area contributed by atoms with Crippen LogP contribution in [0.15, 0.2) is 96.2 Å². The van der Waals surface area contributed by atoms with Crippen molar-refractivity contribution in [3.8, 4) is 22.5 Å². The number of halogens is 1. The smallest absolute Gasteiger partial charge is 0.242 e. The Morgan fingerprint density at radius 1 is 0.939 bits per heavy atom. The molecule has 1 aromatic heterocycles. The number of hydrogen-bond acceptors (Lipinski definition) is 3. The maximum atomic E-state index is 12.4. The summed E-state index contributed by atoms with van der Waals surface area (Å²) < 4.78 is 2.25. The van der Waals surface area contributed by atoms with E-state index in [-0.39, 0.29) is 5.91 Å². The molecule has 1 N–H and O–H groups in total. The molecule has 4 nitrogen and oxygen atoms in total. The quantitative estimate of drug-likeness (QED) is 0.172. The number of alkyl halides is 1. The zero-order chi connectivity index (χ0) is 23.0. The van der Waals surface area contributed by atoms with Crippen molar-refractivity contribution < 1.29 is 4.79 Å². The van der Waals surface area contributed by atoms with Crippen LogP contribution in [0.25, 0.3) is 22.5 Å². The normalized spacial score (nSPS) is 11.8. The third-order valence-electron chi connectivity index (χ3n) is 5.30. The van der Waals surface area contributed by atoms with Gasteiger partial charge in [-0.1, -0.05) is 103 Å². The predicted molar refractivity (Wildman–Crippen MR) is 138 cm³/mol. The number of amides is 1. The van der Waals surface area contributed by atoms with Crippen molar-refractivity contribution >= 4 is 29.3 Å². The molecule has 33 heavy (non-hydrogen) atoms. The monoisotopic (exact) mass is 475 g/mol. The summed E-state index contributed by atoms with van der Waals surface area (Å²) >= 11 is 7.96. The molecule has 3 aromatic carbocycles. The van der Waals surface area contributed by atoms with Crippen molar-refractivity contribution in [3.63, 3.8) is 0 Å². The highest BCUT2D eigenvalue weighted by Crippen LogP contribution is 2.35. The van der Waals surface area contributed by atoms with Crippen LogP contribution in [0.1, 0.15) is 17.9 Å². The number of carbonyl (C=O) groups is 1. The first-order valence-corrected chi connectivity index (χ1v) is 12.4. The summed E-state index contributed by atoms with van der Waals surface area (Å²) in [6.45, 7) is 3.45. The summed E-state index contributed by atoms with van der Waals surface area (Å²) in [5.74, 6) is 0.515. The van der Waals surface area contributed by atoms with Gasteiger partial charge in [0.25, 0.3) is 0 Å². The average Bonchev–Trinajstić information content (AvgIpc) is 3.26. The Balaban J connectivity index is 1.50. The summed E-state index contributed by atoms with van der Waals surface area (Å²) in [4.78, 5) is 17.4. The molecule has 0 aliphatic rings. The van der Waals surface area contributed by atoms with E-state index in [2.05, 4.69) is 53.2 Å². The lowest BCUT2D eigenvalue weighted by atomic mass is 10.0. The van der Waals surface area contributed by atoms with Crippen molar-refractivity contribution in [2.75, 3.05) is 12.3 Å². The second-order valence-electron chi connectivity index (χ2n) is 7.48. The van der Waals surface area contributed by atoms with Crippen molar-refractivity contribution in [3.05, 3.63) is 96.6 Å². The summed E-state index contributed by atoms with van der Waals surface area (Å²) in [6.07, 6.45) is 0. The molecule has 0 saturated carbocycles. The van der Waals surface area contributed by atoms with Gasteiger partial charge >= 0.3 is 0 Å². The first kappa shape index (κ1) is 23.1. The van der Waals surface area contributed by atoms with Crippen molar-refractivity contribution in [1.29, 1.82) is 0 Å². The summed E-state index contributed by atoms with van der Waals surface area (Å²) in [5, 5.41) is 3.19. The number of nitrogens with zero attached hydrogens (tertiary/aromatic N) is 2. The number of benzene rings is 3. The number of carbonyl (C=O) groups excluding carboxylic acids is 1. The highest BCUT2D eigenvalue weighted by atomic mass is 35.5. The Bertz CT molecular complexity index is 1180. The molecule has 6 heteroatoms. The molecule has 1 unspecified atom stereocenters. The standard InChI is InChI=1S/C27H26ClN3OS/c1-2-31-25(22-16-10-5-11-17-22)24(21-14-8-4-9-15-21)30-27(31)33-19-18-29-26(32)23(28)20-12-6-3-7-13-20/h3-17,23H,2,18-19H2,1H3,(H,29,32). The van der Waals surface area contributed by atoms with Crippen molar-refractivity contribution in [2.45, 2.75) is 24.0 Å². The average molecular weight is 476 g/mol. The lowest BCUT2D eigenvalue weighted by Crippen LogP contribution is -2.29. The second kappa shape index (κ2) is 11.2. The van der Waals surface area contributed by atoms with Gasteiger partial charge in [-0.15, -0.1) is 11.6 Å². The fourth-order valence-electron chi connectivity index (χ4n) is 3.70. The fraction of sp³-hybridized carbons (Fsp3) is 0.185. The van der Waals surface area contributed by atoms with Gasteiger partial charge in [0.1, 0.15) is 5.38 Å². The molecule has 0 aliphatic carbocycles. The molecule has 0 spiro atoms. The van der Waals surface area contributed by atoms with Gasteiger partial charge in [0.2, 0.25) is 5.91 Å². The van der Waals surface area contributed by atoms with Crippen LogP contribution in [0.4, 0.5) is 0 Å². The van der Waals surface area contributed by atoms with Gasteiger partial charge in [0.05, 0.1) is 11.4 Å². The molecule has 4 aromatic rings. The topological polar surface area (TPSA) is 46.9 Å². The molecule has 1 atom stereocenters. The predicted octanol–water partition coefficient (Wildman–Crippen LogP) is 6.43. The Morgan fingerprint density at radius 2 is 1.52 bits per heavy atom. The van der Waals surface area contributed by atoms with E-state index >= 15 is 0 Å². The van der Waals surface area contributed by atoms with Crippen molar-refractivity contribution in [1.82, 2.24) is 14.9 Å². The van der Waals surface area contributed by atoms with Crippen LogP contribution in [0, 0.1) is 0 Å². The maximum Gasteiger partial charge on any atom is 0.242 e. The van der Waals surface area contributed by atoms with Crippen LogP contribution in [0.3, 0.4) is 0 Å². The summed E-state index contributed by atoms with van der Waals surface area (Å²) in [6, 6.07) is 30.0. The number of thioether (sulfide) groups is 1. The summed E-state index contributed by atoms with van der Waals surface area (Å²) in [5.41, 5.74) is 5.11. The fourth-order valence-corrected chi connectivity index (χ4v) is 4.84. The van der Waals surface area contributed by atoms with Gasteiger partial charge in [-0.25, -0.2) is 4.98 Å². The molecule has 0 aliphatic heterocycles. The van der Waals surface area contributed by atoms with E-state index in [1.807, 2.05) is 54.6 Å². The van der Waals surface area contributed by atoms with E-state index in [1.165, 1.54) is 0 Å². The lowest BCUT2D eigenvalue weighted by Gasteiger charge is -2.12. The Hall–Kier alpha value is -3.02. The Labute approximate surface area is 204 Å². The zero-order valence-corrected chi connectivity index (χ0v) is 20.0. The molecule has 0 bridgehead atoms. The largest absolute Gasteiger partial charge is 0.354 e. The first-order chi connectivity index (χ1) is 16.2. The number of rotatable bonds is 9. The SMILES string of the molecule is CCn1c(SCCNC(=O)C(Cl)c2ccccc2)nc(-c2ccccc2)c1-c1ccccc1. The van der Waals surface area contributed by atoms with E-state index in [9.17, 15) is 4.79 Å². The van der Waals surface area contributed by atoms with Gasteiger partial charge in [-0.05, 0) is 12.5 Å². The maximum absolute atomic E-state index is 12.4. The van der Waals surface area contributed by atoms with Gasteiger partial charge in [-0.2, -0.15) is 0 Å². The van der Waals surface area contributed by atoms with Gasteiger partial charge in [-0.3, -0.25) is 4.79 Å². The highest BCUT2D eigenvalue weighted by Gasteiger charge is 2.20. The molecule has 0 saturated heterocycles. The van der Waals surface area contributed by atoms with Gasteiger partial charge in [0.15, 0.2) is 5.16 Å². The minimum absolute atomic E-state index is 0.183. The zero-order valence-electron chi connectivity index (χ0n) is 18.4. The molecule has 168 valence electrons. The second-order valence-corrected chi connectivity index (χ2v) is 8.98.